The SMILES string of the molecule is N#Cc1cccc(C2(C3=CCCC(c4ccc(-c5nc(-c6ccccc6)nc(-c6ccc(-c7cccnc7)cc6)n5)cc4)=C3)CCCCC2)c1. The van der Waals surface area contributed by atoms with Gasteiger partial charge in [0.05, 0.1) is 11.6 Å². The van der Waals surface area contributed by atoms with Crippen LogP contribution in [0.15, 0.2) is 145 Å². The van der Waals surface area contributed by atoms with Crippen LogP contribution in [0.3, 0.4) is 0 Å². The smallest absolute Gasteiger partial charge is 0.164 e. The van der Waals surface area contributed by atoms with E-state index in [9.17, 15) is 5.26 Å². The van der Waals surface area contributed by atoms with Crippen molar-refractivity contribution in [2.45, 2.75) is 50.4 Å². The summed E-state index contributed by atoms with van der Waals surface area (Å²) in [5, 5.41) is 9.65. The van der Waals surface area contributed by atoms with E-state index in [0.717, 1.165) is 59.1 Å². The fourth-order valence-electron chi connectivity index (χ4n) is 7.58. The van der Waals surface area contributed by atoms with Crippen molar-refractivity contribution in [3.63, 3.8) is 0 Å². The standard InChI is InChI=1S/C45H37N5/c46-30-32-10-7-15-40(28-32)45(25-5-2-6-26-45)41-16-8-13-38(29-41)33-17-21-36(22-18-33)43-48-42(35-11-3-1-4-12-35)49-44(50-43)37-23-19-34(20-24-37)39-14-9-27-47-31-39/h1,3-4,7,9-12,14-24,27-29,31H,2,5-6,8,13,25-26H2. The number of aromatic nitrogens is 4. The van der Waals surface area contributed by atoms with Crippen molar-refractivity contribution in [2.24, 2.45) is 0 Å². The van der Waals surface area contributed by atoms with Crippen LogP contribution in [-0.4, -0.2) is 19.9 Å². The molecule has 5 heteroatoms. The zero-order chi connectivity index (χ0) is 33.8. The molecule has 0 spiro atoms. The van der Waals surface area contributed by atoms with Gasteiger partial charge in [-0.3, -0.25) is 4.98 Å². The second kappa shape index (κ2) is 13.9. The summed E-state index contributed by atoms with van der Waals surface area (Å²) in [6, 6.07) is 41.8. The van der Waals surface area contributed by atoms with Crippen LogP contribution in [0.25, 0.3) is 50.9 Å². The van der Waals surface area contributed by atoms with Gasteiger partial charge in [-0.05, 0) is 77.3 Å². The molecular weight excluding hydrogens is 611 g/mol. The molecule has 8 rings (SSSR count). The Balaban J connectivity index is 1.12. The van der Waals surface area contributed by atoms with E-state index in [-0.39, 0.29) is 5.41 Å². The number of hydrogen-bond acceptors (Lipinski definition) is 5. The van der Waals surface area contributed by atoms with Gasteiger partial charge in [0.15, 0.2) is 17.5 Å². The largest absolute Gasteiger partial charge is 0.264 e. The molecule has 0 atom stereocenters. The van der Waals surface area contributed by atoms with Crippen LogP contribution in [0.5, 0.6) is 0 Å². The molecule has 50 heavy (non-hydrogen) atoms. The summed E-state index contributed by atoms with van der Waals surface area (Å²) in [6.07, 6.45) is 16.5. The molecule has 0 N–H and O–H groups in total. The normalized spacial score (nSPS) is 15.4. The summed E-state index contributed by atoms with van der Waals surface area (Å²) in [5.74, 6) is 1.93. The van der Waals surface area contributed by atoms with Crippen molar-refractivity contribution in [3.8, 4) is 51.4 Å². The molecule has 0 aliphatic heterocycles. The summed E-state index contributed by atoms with van der Waals surface area (Å²) >= 11 is 0. The summed E-state index contributed by atoms with van der Waals surface area (Å²) < 4.78 is 0. The van der Waals surface area contributed by atoms with Gasteiger partial charge in [-0.2, -0.15) is 5.26 Å². The quantitative estimate of drug-likeness (QED) is 0.172. The lowest BCUT2D eigenvalue weighted by atomic mass is 9.63. The van der Waals surface area contributed by atoms with Crippen LogP contribution >= 0.6 is 0 Å². The molecule has 2 aliphatic rings. The molecule has 0 amide bonds. The first-order valence-electron chi connectivity index (χ1n) is 17.5. The van der Waals surface area contributed by atoms with Crippen LogP contribution < -0.4 is 0 Å². The van der Waals surface area contributed by atoms with Crippen molar-refractivity contribution in [3.05, 3.63) is 162 Å². The van der Waals surface area contributed by atoms with Crippen molar-refractivity contribution >= 4 is 5.57 Å². The van der Waals surface area contributed by atoms with E-state index < -0.39 is 0 Å². The highest BCUT2D eigenvalue weighted by molar-refractivity contribution is 5.74. The summed E-state index contributed by atoms with van der Waals surface area (Å²) in [6.45, 7) is 0. The Morgan fingerprint density at radius 3 is 1.84 bits per heavy atom. The number of hydrogen-bond donors (Lipinski definition) is 0. The minimum absolute atomic E-state index is 0.0397. The maximum absolute atomic E-state index is 9.65. The van der Waals surface area contributed by atoms with Gasteiger partial charge < -0.3 is 0 Å². The predicted octanol–water partition coefficient (Wildman–Crippen LogP) is 10.8. The molecule has 1 fully saturated rings. The fraction of sp³-hybridized carbons (Fsp3) is 0.178. The first kappa shape index (κ1) is 31.3. The lowest BCUT2D eigenvalue weighted by Crippen LogP contribution is -2.31. The number of nitriles is 1. The Labute approximate surface area is 293 Å². The van der Waals surface area contributed by atoms with E-state index in [0.29, 0.717) is 17.5 Å². The second-order valence-electron chi connectivity index (χ2n) is 13.3. The van der Waals surface area contributed by atoms with E-state index in [1.807, 2.05) is 54.7 Å². The van der Waals surface area contributed by atoms with Gasteiger partial charge in [0, 0.05) is 34.5 Å². The Kier molecular flexibility index (Phi) is 8.67. The Morgan fingerprint density at radius 2 is 1.20 bits per heavy atom. The van der Waals surface area contributed by atoms with E-state index in [4.69, 9.17) is 15.0 Å². The van der Waals surface area contributed by atoms with Crippen molar-refractivity contribution in [1.29, 1.82) is 5.26 Å². The van der Waals surface area contributed by atoms with Gasteiger partial charge >= 0.3 is 0 Å². The number of pyridine rings is 1. The summed E-state index contributed by atoms with van der Waals surface area (Å²) in [5.41, 5.74) is 10.9. The Hall–Kier alpha value is -5.99. The molecule has 2 aliphatic carbocycles. The molecule has 5 nitrogen and oxygen atoms in total. The van der Waals surface area contributed by atoms with Gasteiger partial charge in [0.2, 0.25) is 0 Å². The molecule has 1 saturated carbocycles. The summed E-state index contributed by atoms with van der Waals surface area (Å²) in [4.78, 5) is 19.1. The molecular formula is C45H37N5. The van der Waals surface area contributed by atoms with Gasteiger partial charge in [0.1, 0.15) is 0 Å². The fourth-order valence-corrected chi connectivity index (χ4v) is 7.58. The average molecular weight is 648 g/mol. The van der Waals surface area contributed by atoms with Crippen molar-refractivity contribution in [1.82, 2.24) is 19.9 Å². The van der Waals surface area contributed by atoms with Crippen LogP contribution in [0.2, 0.25) is 0 Å². The van der Waals surface area contributed by atoms with Gasteiger partial charge in [-0.15, -0.1) is 0 Å². The minimum Gasteiger partial charge on any atom is -0.264 e. The predicted molar refractivity (Wildman–Crippen MR) is 201 cm³/mol. The highest BCUT2D eigenvalue weighted by Crippen LogP contribution is 2.48. The monoisotopic (exact) mass is 647 g/mol. The molecule has 0 unspecified atom stereocenters. The van der Waals surface area contributed by atoms with Crippen molar-refractivity contribution < 1.29 is 0 Å². The number of benzene rings is 4. The van der Waals surface area contributed by atoms with E-state index in [1.54, 1.807) is 6.20 Å². The maximum Gasteiger partial charge on any atom is 0.164 e. The molecule has 2 heterocycles. The molecule has 0 radical (unpaired) electrons. The first-order valence-corrected chi connectivity index (χ1v) is 17.5. The third-order valence-electron chi connectivity index (χ3n) is 10.2. The van der Waals surface area contributed by atoms with Gasteiger partial charge in [-0.25, -0.2) is 15.0 Å². The third-order valence-corrected chi connectivity index (χ3v) is 10.2. The number of allylic oxidation sites excluding steroid dienone is 4. The van der Waals surface area contributed by atoms with Gasteiger partial charge in [0.25, 0.3) is 0 Å². The lowest BCUT2D eigenvalue weighted by Gasteiger charge is -2.40. The third kappa shape index (κ3) is 6.29. The minimum atomic E-state index is -0.0397. The zero-order valence-electron chi connectivity index (χ0n) is 28.0. The summed E-state index contributed by atoms with van der Waals surface area (Å²) in [7, 11) is 0. The number of rotatable bonds is 7. The zero-order valence-corrected chi connectivity index (χ0v) is 28.0. The van der Waals surface area contributed by atoms with Crippen LogP contribution in [0.1, 0.15) is 61.6 Å². The molecule has 0 bridgehead atoms. The highest BCUT2D eigenvalue weighted by atomic mass is 15.0. The van der Waals surface area contributed by atoms with E-state index >= 15 is 0 Å². The highest BCUT2D eigenvalue weighted by Gasteiger charge is 2.37. The molecule has 242 valence electrons. The van der Waals surface area contributed by atoms with E-state index in [2.05, 4.69) is 89.9 Å². The first-order chi connectivity index (χ1) is 24.7. The van der Waals surface area contributed by atoms with Crippen LogP contribution in [-0.2, 0) is 5.41 Å². The van der Waals surface area contributed by atoms with Gasteiger partial charge in [-0.1, -0.05) is 128 Å². The van der Waals surface area contributed by atoms with E-state index in [1.165, 1.54) is 41.5 Å². The molecule has 2 aromatic heterocycles. The lowest BCUT2D eigenvalue weighted by molar-refractivity contribution is 0.344. The Bertz CT molecular complexity index is 2220. The Morgan fingerprint density at radius 1 is 0.580 bits per heavy atom. The molecule has 4 aromatic carbocycles. The molecule has 6 aromatic rings. The van der Waals surface area contributed by atoms with Crippen LogP contribution in [0, 0.1) is 11.3 Å². The topological polar surface area (TPSA) is 75.3 Å². The maximum atomic E-state index is 9.65. The number of nitrogens with zero attached hydrogens (tertiary/aromatic N) is 5. The van der Waals surface area contributed by atoms with Crippen molar-refractivity contribution in [2.75, 3.05) is 0 Å². The average Bonchev–Trinajstić information content (AvgIpc) is 3.22. The second-order valence-corrected chi connectivity index (χ2v) is 13.3. The van der Waals surface area contributed by atoms with Crippen LogP contribution in [0.4, 0.5) is 0 Å². The molecule has 0 saturated heterocycles.